The molecule has 3 aromatic rings. The van der Waals surface area contributed by atoms with Crippen molar-refractivity contribution in [2.24, 2.45) is 0 Å². The zero-order chi connectivity index (χ0) is 21.1. The van der Waals surface area contributed by atoms with Crippen LogP contribution in [0.4, 0.5) is 5.69 Å². The van der Waals surface area contributed by atoms with Gasteiger partial charge < -0.3 is 20.1 Å². The van der Waals surface area contributed by atoms with Gasteiger partial charge in [0.25, 0.3) is 5.91 Å². The molecule has 0 bridgehead atoms. The van der Waals surface area contributed by atoms with Crippen molar-refractivity contribution in [2.45, 2.75) is 26.0 Å². The Labute approximate surface area is 174 Å². The molecule has 0 saturated heterocycles. The number of amides is 2. The summed E-state index contributed by atoms with van der Waals surface area (Å²) in [6.45, 7) is 3.79. The summed E-state index contributed by atoms with van der Waals surface area (Å²) in [6.07, 6.45) is 3.60. The van der Waals surface area contributed by atoms with Crippen molar-refractivity contribution in [3.63, 3.8) is 0 Å². The number of anilines is 1. The second-order valence-corrected chi connectivity index (χ2v) is 7.61. The van der Waals surface area contributed by atoms with Crippen molar-refractivity contribution in [1.29, 1.82) is 0 Å². The maximum Gasteiger partial charge on any atom is 0.271 e. The number of aromatic nitrogens is 2. The Hall–Kier alpha value is -3.23. The summed E-state index contributed by atoms with van der Waals surface area (Å²) in [6, 6.07) is 11.8. The molecule has 1 aliphatic heterocycles. The van der Waals surface area contributed by atoms with Crippen molar-refractivity contribution in [2.75, 3.05) is 25.0 Å². The largest absolute Gasteiger partial charge is 0.390 e. The van der Waals surface area contributed by atoms with Gasteiger partial charge in [0.05, 0.1) is 11.8 Å². The van der Waals surface area contributed by atoms with Gasteiger partial charge in [0.2, 0.25) is 5.91 Å². The topological polar surface area (TPSA) is 99.0 Å². The molecule has 2 amide bonds. The van der Waals surface area contributed by atoms with Crippen molar-refractivity contribution in [3.05, 3.63) is 65.6 Å². The van der Waals surface area contributed by atoms with Crippen LogP contribution in [0.15, 0.2) is 48.8 Å². The monoisotopic (exact) mass is 407 g/mol. The van der Waals surface area contributed by atoms with E-state index in [2.05, 4.69) is 38.7 Å². The SMILES string of the molecule is CC(=O)Nc1ccc2nc(C(=O)NCC(O)CN3CCc4ccccc4C3)cn2c1. The highest BCUT2D eigenvalue weighted by atomic mass is 16.3. The number of hydrogen-bond acceptors (Lipinski definition) is 5. The van der Waals surface area contributed by atoms with Gasteiger partial charge in [0.1, 0.15) is 11.3 Å². The lowest BCUT2D eigenvalue weighted by atomic mass is 10.00. The number of pyridine rings is 1. The van der Waals surface area contributed by atoms with E-state index in [0.717, 1.165) is 19.5 Å². The molecule has 3 N–H and O–H groups in total. The summed E-state index contributed by atoms with van der Waals surface area (Å²) < 4.78 is 1.68. The van der Waals surface area contributed by atoms with Crippen LogP contribution in [0.1, 0.15) is 28.5 Å². The number of hydrogen-bond donors (Lipinski definition) is 3. The van der Waals surface area contributed by atoms with Crippen LogP contribution < -0.4 is 10.6 Å². The van der Waals surface area contributed by atoms with Crippen molar-refractivity contribution in [1.82, 2.24) is 19.6 Å². The van der Waals surface area contributed by atoms with Crippen LogP contribution in [0.25, 0.3) is 5.65 Å². The highest BCUT2D eigenvalue weighted by Crippen LogP contribution is 2.18. The maximum absolute atomic E-state index is 12.5. The summed E-state index contributed by atoms with van der Waals surface area (Å²) in [5.74, 6) is -0.513. The van der Waals surface area contributed by atoms with Crippen LogP contribution >= 0.6 is 0 Å². The van der Waals surface area contributed by atoms with E-state index in [1.807, 2.05) is 6.07 Å². The lowest BCUT2D eigenvalue weighted by Crippen LogP contribution is -2.42. The Kier molecular flexibility index (Phi) is 5.78. The Bertz CT molecular complexity index is 1080. The van der Waals surface area contributed by atoms with Gasteiger partial charge in [-0.15, -0.1) is 0 Å². The Morgan fingerprint density at radius 3 is 2.77 bits per heavy atom. The first-order valence-corrected chi connectivity index (χ1v) is 9.99. The quantitative estimate of drug-likeness (QED) is 0.574. The number of aliphatic hydroxyl groups is 1. The minimum atomic E-state index is -0.664. The smallest absolute Gasteiger partial charge is 0.271 e. The molecule has 0 spiro atoms. The summed E-state index contributed by atoms with van der Waals surface area (Å²) in [4.78, 5) is 30.1. The molecule has 4 rings (SSSR count). The molecule has 3 heterocycles. The van der Waals surface area contributed by atoms with Crippen LogP contribution in [0, 0.1) is 0 Å². The van der Waals surface area contributed by atoms with Crippen LogP contribution in [-0.4, -0.2) is 56.9 Å². The summed E-state index contributed by atoms with van der Waals surface area (Å²) in [5, 5.41) is 15.8. The molecule has 0 fully saturated rings. The number of nitrogens with one attached hydrogen (secondary N) is 2. The van der Waals surface area contributed by atoms with Crippen molar-refractivity contribution < 1.29 is 14.7 Å². The molecule has 8 heteroatoms. The van der Waals surface area contributed by atoms with Gasteiger partial charge in [-0.2, -0.15) is 0 Å². The van der Waals surface area contributed by atoms with Crippen LogP contribution in [0.2, 0.25) is 0 Å². The van der Waals surface area contributed by atoms with Crippen LogP contribution in [0.3, 0.4) is 0 Å². The van der Waals surface area contributed by atoms with Crippen LogP contribution in [-0.2, 0) is 17.8 Å². The van der Waals surface area contributed by atoms with Gasteiger partial charge in [0, 0.05) is 45.5 Å². The first-order valence-electron chi connectivity index (χ1n) is 9.99. The average Bonchev–Trinajstić information content (AvgIpc) is 3.15. The first kappa shape index (κ1) is 20.1. The predicted molar refractivity (Wildman–Crippen MR) is 113 cm³/mol. The Morgan fingerprint density at radius 1 is 1.17 bits per heavy atom. The fourth-order valence-corrected chi connectivity index (χ4v) is 3.75. The number of carbonyl (C=O) groups is 2. The summed E-state index contributed by atoms with van der Waals surface area (Å²) in [5.41, 5.74) is 4.14. The number of benzene rings is 1. The fourth-order valence-electron chi connectivity index (χ4n) is 3.75. The molecular formula is C22H25N5O3. The Balaban J connectivity index is 1.31. The number of imidazole rings is 1. The second-order valence-electron chi connectivity index (χ2n) is 7.61. The average molecular weight is 407 g/mol. The highest BCUT2D eigenvalue weighted by molar-refractivity contribution is 5.93. The van der Waals surface area contributed by atoms with E-state index >= 15 is 0 Å². The third-order valence-corrected chi connectivity index (χ3v) is 5.18. The highest BCUT2D eigenvalue weighted by Gasteiger charge is 2.19. The minimum absolute atomic E-state index is 0.155. The van der Waals surface area contributed by atoms with E-state index in [4.69, 9.17) is 0 Å². The lowest BCUT2D eigenvalue weighted by molar-refractivity contribution is -0.114. The zero-order valence-electron chi connectivity index (χ0n) is 16.8. The lowest BCUT2D eigenvalue weighted by Gasteiger charge is -2.30. The molecule has 1 atom stereocenters. The van der Waals surface area contributed by atoms with Gasteiger partial charge in [-0.05, 0) is 29.7 Å². The molecule has 30 heavy (non-hydrogen) atoms. The third-order valence-electron chi connectivity index (χ3n) is 5.18. The van der Waals surface area contributed by atoms with E-state index in [9.17, 15) is 14.7 Å². The van der Waals surface area contributed by atoms with Gasteiger partial charge in [0.15, 0.2) is 0 Å². The van der Waals surface area contributed by atoms with Gasteiger partial charge >= 0.3 is 0 Å². The molecule has 8 nitrogen and oxygen atoms in total. The van der Waals surface area contributed by atoms with Crippen molar-refractivity contribution >= 4 is 23.1 Å². The number of β-amino-alcohol motifs (C(OH)–C–C–N with tert-alkyl or cyclic N) is 1. The molecule has 0 radical (unpaired) electrons. The molecule has 1 aliphatic rings. The molecule has 0 saturated carbocycles. The molecule has 2 aromatic heterocycles. The minimum Gasteiger partial charge on any atom is -0.390 e. The number of nitrogens with zero attached hydrogens (tertiary/aromatic N) is 3. The molecule has 156 valence electrons. The van der Waals surface area contributed by atoms with E-state index < -0.39 is 6.10 Å². The van der Waals surface area contributed by atoms with E-state index in [-0.39, 0.29) is 24.1 Å². The maximum atomic E-state index is 12.5. The molecule has 1 unspecified atom stereocenters. The van der Waals surface area contributed by atoms with Crippen molar-refractivity contribution in [3.8, 4) is 0 Å². The number of aliphatic hydroxyl groups excluding tert-OH is 1. The van der Waals surface area contributed by atoms with E-state index in [1.54, 1.807) is 28.9 Å². The van der Waals surface area contributed by atoms with Crippen LogP contribution in [0.5, 0.6) is 0 Å². The fraction of sp³-hybridized carbons (Fsp3) is 0.318. The first-order chi connectivity index (χ1) is 14.5. The normalized spacial score (nSPS) is 14.9. The van der Waals surface area contributed by atoms with E-state index in [1.165, 1.54) is 18.1 Å². The molecule has 1 aromatic carbocycles. The molecular weight excluding hydrogens is 382 g/mol. The van der Waals surface area contributed by atoms with E-state index in [0.29, 0.717) is 17.9 Å². The predicted octanol–water partition coefficient (Wildman–Crippen LogP) is 1.44. The standard InChI is InChI=1S/C22H25N5O3/c1-15(28)24-18-6-7-21-25-20(14-27(21)12-18)22(30)23-10-19(29)13-26-9-8-16-4-2-3-5-17(16)11-26/h2-7,12,14,19,29H,8-11,13H2,1H3,(H,23,30)(H,24,28). The van der Waals surface area contributed by atoms with Gasteiger partial charge in [-0.1, -0.05) is 24.3 Å². The second kappa shape index (κ2) is 8.64. The third kappa shape index (κ3) is 4.67. The summed E-state index contributed by atoms with van der Waals surface area (Å²) >= 11 is 0. The molecule has 0 aliphatic carbocycles. The summed E-state index contributed by atoms with van der Waals surface area (Å²) in [7, 11) is 0. The Morgan fingerprint density at radius 2 is 1.97 bits per heavy atom. The van der Waals surface area contributed by atoms with Gasteiger partial charge in [-0.25, -0.2) is 4.98 Å². The zero-order valence-corrected chi connectivity index (χ0v) is 16.8. The number of rotatable bonds is 6. The number of carbonyl (C=O) groups excluding carboxylic acids is 2. The number of fused-ring (bicyclic) bond motifs is 2. The van der Waals surface area contributed by atoms with Gasteiger partial charge in [-0.3, -0.25) is 14.5 Å².